The Kier molecular flexibility index (Phi) is 11.2. The first kappa shape index (κ1) is 22.6. The Morgan fingerprint density at radius 1 is 0.909 bits per heavy atom. The summed E-state index contributed by atoms with van der Waals surface area (Å²) >= 11 is 0. The van der Waals surface area contributed by atoms with Gasteiger partial charge in [0.15, 0.2) is 5.41 Å². The van der Waals surface area contributed by atoms with Crippen molar-refractivity contribution in [3.05, 3.63) is 25.3 Å². The molecule has 0 amide bonds. The van der Waals surface area contributed by atoms with Crippen LogP contribution in [-0.4, -0.2) is 57.3 Å². The van der Waals surface area contributed by atoms with Gasteiger partial charge in [0.25, 0.3) is 0 Å². The Labute approximate surface area is 130 Å². The fraction of sp³-hybridized carbons (Fsp3) is 0.600. The minimum atomic E-state index is -1.80. The molecule has 128 valence electrons. The minimum Gasteiger partial charge on any atom is -0.480 e. The van der Waals surface area contributed by atoms with E-state index in [2.05, 4.69) is 13.2 Å². The third-order valence-corrected chi connectivity index (χ3v) is 3.56. The van der Waals surface area contributed by atoms with E-state index in [1.807, 2.05) is 6.92 Å². The van der Waals surface area contributed by atoms with Gasteiger partial charge in [-0.3, -0.25) is 9.59 Å². The Morgan fingerprint density at radius 2 is 1.23 bits per heavy atom. The number of hydrogen-bond acceptors (Lipinski definition) is 5. The first-order chi connectivity index (χ1) is 10.3. The van der Waals surface area contributed by atoms with Gasteiger partial charge < -0.3 is 25.5 Å². The summed E-state index contributed by atoms with van der Waals surface area (Å²) in [5.74, 6) is -2.72. The van der Waals surface area contributed by atoms with Crippen LogP contribution in [0.2, 0.25) is 0 Å². The predicted molar refractivity (Wildman–Crippen MR) is 81.3 cm³/mol. The molecule has 0 aliphatic rings. The lowest BCUT2D eigenvalue weighted by Gasteiger charge is -2.24. The van der Waals surface area contributed by atoms with Gasteiger partial charge in [-0.1, -0.05) is 19.1 Å². The highest BCUT2D eigenvalue weighted by atomic mass is 16.4. The second kappa shape index (κ2) is 10.9. The first-order valence-corrected chi connectivity index (χ1v) is 6.77. The number of rotatable bonds is 10. The van der Waals surface area contributed by atoms with Gasteiger partial charge in [0.1, 0.15) is 0 Å². The van der Waals surface area contributed by atoms with Crippen LogP contribution in [0, 0.1) is 10.8 Å². The van der Waals surface area contributed by atoms with Gasteiger partial charge >= 0.3 is 11.9 Å². The average Bonchev–Trinajstić information content (AvgIpc) is 2.50. The third kappa shape index (κ3) is 5.97. The summed E-state index contributed by atoms with van der Waals surface area (Å²) in [6.45, 7) is 8.02. The van der Waals surface area contributed by atoms with Crippen molar-refractivity contribution in [1.82, 2.24) is 0 Å². The van der Waals surface area contributed by atoms with E-state index in [0.717, 1.165) is 0 Å². The zero-order chi connectivity index (χ0) is 17.8. The summed E-state index contributed by atoms with van der Waals surface area (Å²) in [5, 5.41) is 43.5. The lowest BCUT2D eigenvalue weighted by atomic mass is 9.81. The molecule has 0 saturated carbocycles. The van der Waals surface area contributed by atoms with E-state index in [1.165, 1.54) is 12.2 Å². The van der Waals surface area contributed by atoms with Crippen molar-refractivity contribution in [2.24, 2.45) is 10.8 Å². The van der Waals surface area contributed by atoms with Crippen LogP contribution in [0.25, 0.3) is 0 Å². The second-order valence-corrected chi connectivity index (χ2v) is 5.01. The molecular formula is C15H26O7. The third-order valence-electron chi connectivity index (χ3n) is 3.56. The lowest BCUT2D eigenvalue weighted by Crippen LogP contribution is -2.38. The predicted octanol–water partition coefficient (Wildman–Crippen LogP) is 0.654. The van der Waals surface area contributed by atoms with Crippen molar-refractivity contribution >= 4 is 11.9 Å². The quantitative estimate of drug-likeness (QED) is 0.295. The summed E-state index contributed by atoms with van der Waals surface area (Å²) in [7, 11) is 0. The molecular weight excluding hydrogens is 292 g/mol. The van der Waals surface area contributed by atoms with E-state index in [1.54, 1.807) is 0 Å². The van der Waals surface area contributed by atoms with Gasteiger partial charge in [0, 0.05) is 5.41 Å². The monoisotopic (exact) mass is 318 g/mol. The first-order valence-electron chi connectivity index (χ1n) is 6.77. The van der Waals surface area contributed by atoms with E-state index >= 15 is 0 Å². The molecule has 0 aromatic rings. The van der Waals surface area contributed by atoms with Gasteiger partial charge in [-0.25, -0.2) is 0 Å². The number of carboxylic acid groups (broad SMARTS) is 2. The normalized spacial score (nSPS) is 11.1. The average molecular weight is 318 g/mol. The number of allylic oxidation sites excluding steroid dienone is 2. The SMILES string of the molecule is C=CCC(CC=C)(C(=O)O)C(=O)O.CCC(CO)(CO)CO. The fourth-order valence-electron chi connectivity index (χ4n) is 1.50. The summed E-state index contributed by atoms with van der Waals surface area (Å²) in [4.78, 5) is 21.5. The topological polar surface area (TPSA) is 135 Å². The van der Waals surface area contributed by atoms with Crippen molar-refractivity contribution in [1.29, 1.82) is 0 Å². The highest BCUT2D eigenvalue weighted by Crippen LogP contribution is 2.28. The summed E-state index contributed by atoms with van der Waals surface area (Å²) < 4.78 is 0. The van der Waals surface area contributed by atoms with Gasteiger partial charge in [0.05, 0.1) is 19.8 Å². The Hall–Kier alpha value is -1.70. The van der Waals surface area contributed by atoms with E-state index < -0.39 is 22.8 Å². The largest absolute Gasteiger partial charge is 0.480 e. The Bertz CT molecular complexity index is 329. The number of aliphatic carboxylic acids is 2. The number of carbonyl (C=O) groups is 2. The fourth-order valence-corrected chi connectivity index (χ4v) is 1.50. The molecule has 7 nitrogen and oxygen atoms in total. The summed E-state index contributed by atoms with van der Waals surface area (Å²) in [6, 6.07) is 0. The molecule has 0 saturated heterocycles. The van der Waals surface area contributed by atoms with E-state index in [4.69, 9.17) is 25.5 Å². The molecule has 0 aliphatic carbocycles. The second-order valence-electron chi connectivity index (χ2n) is 5.01. The molecule has 0 fully saturated rings. The zero-order valence-corrected chi connectivity index (χ0v) is 12.9. The van der Waals surface area contributed by atoms with Crippen molar-refractivity contribution in [3.63, 3.8) is 0 Å². The van der Waals surface area contributed by atoms with E-state index in [9.17, 15) is 9.59 Å². The zero-order valence-electron chi connectivity index (χ0n) is 12.9. The lowest BCUT2D eigenvalue weighted by molar-refractivity contribution is -0.164. The van der Waals surface area contributed by atoms with Gasteiger partial charge in [-0.05, 0) is 19.3 Å². The maximum Gasteiger partial charge on any atom is 0.321 e. The van der Waals surface area contributed by atoms with E-state index in [0.29, 0.717) is 6.42 Å². The Morgan fingerprint density at radius 3 is 1.32 bits per heavy atom. The molecule has 5 N–H and O–H groups in total. The van der Waals surface area contributed by atoms with Crippen LogP contribution in [-0.2, 0) is 9.59 Å². The highest BCUT2D eigenvalue weighted by Gasteiger charge is 2.44. The van der Waals surface area contributed by atoms with Crippen LogP contribution in [0.15, 0.2) is 25.3 Å². The smallest absolute Gasteiger partial charge is 0.321 e. The van der Waals surface area contributed by atoms with Crippen LogP contribution < -0.4 is 0 Å². The van der Waals surface area contributed by atoms with Gasteiger partial charge in [0.2, 0.25) is 0 Å². The van der Waals surface area contributed by atoms with Crippen LogP contribution in [0.5, 0.6) is 0 Å². The van der Waals surface area contributed by atoms with Crippen LogP contribution in [0.3, 0.4) is 0 Å². The van der Waals surface area contributed by atoms with Crippen LogP contribution in [0.1, 0.15) is 26.2 Å². The molecule has 0 aromatic heterocycles. The van der Waals surface area contributed by atoms with Crippen molar-refractivity contribution < 1.29 is 35.1 Å². The summed E-state index contributed by atoms with van der Waals surface area (Å²) in [6.07, 6.45) is 2.95. The standard InChI is InChI=1S/C9H12O4.C6H14O3/c1-3-5-9(6-4-2,7(10)11)8(12)13;1-2-6(3-7,4-8)5-9/h3-4H,1-2,5-6H2,(H,10,11)(H,12,13);7-9H,2-5H2,1H3. The molecule has 0 rings (SSSR count). The molecule has 0 heterocycles. The van der Waals surface area contributed by atoms with Gasteiger partial charge in [-0.2, -0.15) is 0 Å². The number of hydrogen-bond donors (Lipinski definition) is 5. The molecule has 7 heteroatoms. The molecule has 0 spiro atoms. The van der Waals surface area contributed by atoms with Gasteiger partial charge in [-0.15, -0.1) is 13.2 Å². The minimum absolute atomic E-state index is 0.107. The summed E-state index contributed by atoms with van der Waals surface area (Å²) in [5.41, 5.74) is -2.47. The van der Waals surface area contributed by atoms with Crippen molar-refractivity contribution in [3.8, 4) is 0 Å². The number of aliphatic hydroxyl groups is 3. The molecule has 0 radical (unpaired) electrons. The molecule has 0 unspecified atom stereocenters. The number of carboxylic acids is 2. The Balaban J connectivity index is 0. The maximum atomic E-state index is 10.8. The van der Waals surface area contributed by atoms with Crippen molar-refractivity contribution in [2.45, 2.75) is 26.2 Å². The van der Waals surface area contributed by atoms with E-state index in [-0.39, 0.29) is 32.7 Å². The van der Waals surface area contributed by atoms with Crippen molar-refractivity contribution in [2.75, 3.05) is 19.8 Å². The highest BCUT2D eigenvalue weighted by molar-refractivity contribution is 5.98. The molecule has 22 heavy (non-hydrogen) atoms. The number of aliphatic hydroxyl groups excluding tert-OH is 3. The van der Waals surface area contributed by atoms with Crippen LogP contribution >= 0.6 is 0 Å². The van der Waals surface area contributed by atoms with Crippen LogP contribution in [0.4, 0.5) is 0 Å². The molecule has 0 atom stereocenters. The maximum absolute atomic E-state index is 10.8. The molecule has 0 bridgehead atoms. The molecule has 0 aliphatic heterocycles. The molecule has 0 aromatic carbocycles.